The fourth-order valence-corrected chi connectivity index (χ4v) is 5.81. The fourth-order valence-electron chi connectivity index (χ4n) is 3.76. The lowest BCUT2D eigenvalue weighted by Crippen LogP contribution is -2.47. The van der Waals surface area contributed by atoms with Crippen LogP contribution >= 0.6 is 11.3 Å². The SMILES string of the molecule is COc1ccc(S(=O)(=O)N[C@H](C(=O)Nc2nc(CN3CCCC(C)C3)cs2)C(C)C)cc1. The van der Waals surface area contributed by atoms with Gasteiger partial charge in [-0.2, -0.15) is 4.72 Å². The van der Waals surface area contributed by atoms with Crippen LogP contribution in [-0.4, -0.2) is 50.5 Å². The zero-order valence-electron chi connectivity index (χ0n) is 19.0. The molecule has 32 heavy (non-hydrogen) atoms. The average molecular weight is 481 g/mol. The summed E-state index contributed by atoms with van der Waals surface area (Å²) in [5.74, 6) is 0.564. The van der Waals surface area contributed by atoms with Gasteiger partial charge >= 0.3 is 0 Å². The molecular weight excluding hydrogens is 448 g/mol. The topological polar surface area (TPSA) is 101 Å². The third kappa shape index (κ3) is 6.50. The largest absolute Gasteiger partial charge is 0.497 e. The van der Waals surface area contributed by atoms with E-state index in [4.69, 9.17) is 4.74 Å². The number of likely N-dealkylation sites (tertiary alicyclic amines) is 1. The van der Waals surface area contributed by atoms with E-state index in [1.54, 1.807) is 26.0 Å². The predicted octanol–water partition coefficient (Wildman–Crippen LogP) is 3.33. The van der Waals surface area contributed by atoms with E-state index >= 15 is 0 Å². The summed E-state index contributed by atoms with van der Waals surface area (Å²) >= 11 is 1.35. The van der Waals surface area contributed by atoms with E-state index in [9.17, 15) is 13.2 Å². The maximum atomic E-state index is 12.9. The molecule has 1 saturated heterocycles. The highest BCUT2D eigenvalue weighted by Crippen LogP contribution is 2.22. The summed E-state index contributed by atoms with van der Waals surface area (Å²) in [6, 6.07) is 5.10. The summed E-state index contributed by atoms with van der Waals surface area (Å²) in [4.78, 5) is 19.9. The Hall–Kier alpha value is -2.01. The summed E-state index contributed by atoms with van der Waals surface area (Å²) in [6.07, 6.45) is 2.46. The van der Waals surface area contributed by atoms with Crippen molar-refractivity contribution >= 4 is 32.4 Å². The fraction of sp³-hybridized carbons (Fsp3) is 0.545. The Morgan fingerprint density at radius 1 is 1.31 bits per heavy atom. The van der Waals surface area contributed by atoms with Gasteiger partial charge in [0.1, 0.15) is 11.8 Å². The van der Waals surface area contributed by atoms with E-state index < -0.39 is 22.0 Å². The number of aromatic nitrogens is 1. The number of amides is 1. The number of sulfonamides is 1. The van der Waals surface area contributed by atoms with Crippen molar-refractivity contribution in [2.45, 2.75) is 51.1 Å². The number of nitrogens with one attached hydrogen (secondary N) is 2. The van der Waals surface area contributed by atoms with Crippen molar-refractivity contribution < 1.29 is 17.9 Å². The maximum Gasteiger partial charge on any atom is 0.244 e. The number of benzene rings is 1. The van der Waals surface area contributed by atoms with Crippen LogP contribution in [0.25, 0.3) is 0 Å². The van der Waals surface area contributed by atoms with E-state index in [0.29, 0.717) is 16.8 Å². The first-order valence-corrected chi connectivity index (χ1v) is 13.2. The molecule has 1 aliphatic rings. The molecule has 0 spiro atoms. The van der Waals surface area contributed by atoms with Gasteiger partial charge in [0, 0.05) is 18.5 Å². The first-order chi connectivity index (χ1) is 15.2. The Balaban J connectivity index is 1.64. The van der Waals surface area contributed by atoms with Gasteiger partial charge in [-0.1, -0.05) is 20.8 Å². The molecule has 0 radical (unpaired) electrons. The van der Waals surface area contributed by atoms with Crippen molar-refractivity contribution in [2.24, 2.45) is 11.8 Å². The zero-order valence-corrected chi connectivity index (χ0v) is 20.6. The van der Waals surface area contributed by atoms with Crippen molar-refractivity contribution in [1.29, 1.82) is 0 Å². The first kappa shape index (κ1) is 24.6. The number of rotatable bonds is 9. The Labute approximate surface area is 194 Å². The standard InChI is InChI=1S/C22H32N4O4S2/c1-15(2)20(25-32(28,29)19-9-7-18(30-4)8-10-19)21(27)24-22-23-17(14-31-22)13-26-11-5-6-16(3)12-26/h7-10,14-16,20,25H,5-6,11-13H2,1-4H3,(H,23,24,27)/t16?,20-/m0/s1. The molecule has 1 aliphatic heterocycles. The van der Waals surface area contributed by atoms with Crippen LogP contribution in [0, 0.1) is 11.8 Å². The van der Waals surface area contributed by atoms with Gasteiger partial charge in [0.05, 0.1) is 17.7 Å². The molecule has 2 atom stereocenters. The van der Waals surface area contributed by atoms with Crippen LogP contribution in [0.15, 0.2) is 34.5 Å². The van der Waals surface area contributed by atoms with Gasteiger partial charge in [-0.15, -0.1) is 11.3 Å². The van der Waals surface area contributed by atoms with E-state index in [2.05, 4.69) is 26.8 Å². The smallest absolute Gasteiger partial charge is 0.244 e. The number of methoxy groups -OCH3 is 1. The highest BCUT2D eigenvalue weighted by Gasteiger charge is 2.29. The Morgan fingerprint density at radius 2 is 2.03 bits per heavy atom. The predicted molar refractivity (Wildman–Crippen MR) is 126 cm³/mol. The van der Waals surface area contributed by atoms with Crippen LogP contribution in [-0.2, 0) is 21.4 Å². The number of ether oxygens (including phenoxy) is 1. The number of hydrogen-bond acceptors (Lipinski definition) is 7. The zero-order chi connectivity index (χ0) is 23.3. The quantitative estimate of drug-likeness (QED) is 0.571. The summed E-state index contributed by atoms with van der Waals surface area (Å²) in [7, 11) is -2.36. The number of carbonyl (C=O) groups is 1. The van der Waals surface area contributed by atoms with Crippen LogP contribution in [0.1, 0.15) is 39.3 Å². The van der Waals surface area contributed by atoms with E-state index in [0.717, 1.165) is 25.3 Å². The van der Waals surface area contributed by atoms with E-state index in [1.165, 1.54) is 43.4 Å². The van der Waals surface area contributed by atoms with E-state index in [-0.39, 0.29) is 10.8 Å². The number of carbonyl (C=O) groups excluding carboxylic acids is 1. The molecule has 1 unspecified atom stereocenters. The minimum atomic E-state index is -3.88. The van der Waals surface area contributed by atoms with Gasteiger partial charge in [-0.05, 0) is 55.5 Å². The van der Waals surface area contributed by atoms with Crippen molar-refractivity contribution in [1.82, 2.24) is 14.6 Å². The lowest BCUT2D eigenvalue weighted by molar-refractivity contribution is -0.118. The van der Waals surface area contributed by atoms with Gasteiger partial charge in [-0.25, -0.2) is 13.4 Å². The summed E-state index contributed by atoms with van der Waals surface area (Å²) in [6.45, 7) is 8.73. The van der Waals surface area contributed by atoms with Crippen molar-refractivity contribution in [3.63, 3.8) is 0 Å². The monoisotopic (exact) mass is 480 g/mol. The molecule has 1 aromatic carbocycles. The van der Waals surface area contributed by atoms with Crippen LogP contribution < -0.4 is 14.8 Å². The molecule has 1 aromatic heterocycles. The molecule has 0 aliphatic carbocycles. The summed E-state index contributed by atoms with van der Waals surface area (Å²) in [5, 5.41) is 5.21. The molecular formula is C22H32N4O4S2. The van der Waals surface area contributed by atoms with Crippen molar-refractivity contribution in [3.05, 3.63) is 35.3 Å². The molecule has 10 heteroatoms. The maximum absolute atomic E-state index is 12.9. The third-order valence-electron chi connectivity index (χ3n) is 5.51. The summed E-state index contributed by atoms with van der Waals surface area (Å²) < 4.78 is 33.2. The van der Waals surface area contributed by atoms with Crippen LogP contribution in [0.5, 0.6) is 5.75 Å². The Bertz CT molecular complexity index is 1010. The first-order valence-electron chi connectivity index (χ1n) is 10.8. The highest BCUT2D eigenvalue weighted by atomic mass is 32.2. The molecule has 3 rings (SSSR count). The number of thiazole rings is 1. The Kier molecular flexibility index (Phi) is 8.26. The molecule has 2 heterocycles. The second kappa shape index (κ2) is 10.7. The Morgan fingerprint density at radius 3 is 2.66 bits per heavy atom. The average Bonchev–Trinajstić information content (AvgIpc) is 3.18. The number of anilines is 1. The van der Waals surface area contributed by atoms with Crippen molar-refractivity contribution in [2.75, 3.05) is 25.5 Å². The molecule has 0 saturated carbocycles. The second-order valence-electron chi connectivity index (χ2n) is 8.63. The molecule has 176 valence electrons. The molecule has 1 amide bonds. The normalized spacial score (nSPS) is 18.5. The van der Waals surface area contributed by atoms with Gasteiger partial charge in [0.25, 0.3) is 0 Å². The second-order valence-corrected chi connectivity index (χ2v) is 11.2. The van der Waals surface area contributed by atoms with Gasteiger partial charge < -0.3 is 10.1 Å². The minimum Gasteiger partial charge on any atom is -0.497 e. The summed E-state index contributed by atoms with van der Waals surface area (Å²) in [5.41, 5.74) is 0.916. The third-order valence-corrected chi connectivity index (χ3v) is 7.77. The minimum absolute atomic E-state index is 0.0732. The molecule has 2 N–H and O–H groups in total. The van der Waals surface area contributed by atoms with Gasteiger partial charge in [0.15, 0.2) is 5.13 Å². The lowest BCUT2D eigenvalue weighted by Gasteiger charge is -2.30. The lowest BCUT2D eigenvalue weighted by atomic mass is 10.0. The molecule has 8 nitrogen and oxygen atoms in total. The number of hydrogen-bond donors (Lipinski definition) is 2. The van der Waals surface area contributed by atoms with Gasteiger partial charge in [0.2, 0.25) is 15.9 Å². The van der Waals surface area contributed by atoms with E-state index in [1.807, 2.05) is 5.38 Å². The van der Waals surface area contributed by atoms with Gasteiger partial charge in [-0.3, -0.25) is 9.69 Å². The van der Waals surface area contributed by atoms with Crippen molar-refractivity contribution in [3.8, 4) is 5.75 Å². The number of piperidine rings is 1. The highest BCUT2D eigenvalue weighted by molar-refractivity contribution is 7.89. The number of nitrogens with zero attached hydrogens (tertiary/aromatic N) is 2. The van der Waals surface area contributed by atoms with Crippen LogP contribution in [0.3, 0.4) is 0 Å². The molecule has 0 bridgehead atoms. The van der Waals surface area contributed by atoms with Crippen LogP contribution in [0.4, 0.5) is 5.13 Å². The molecule has 2 aromatic rings. The molecule has 1 fully saturated rings. The van der Waals surface area contributed by atoms with Crippen LogP contribution in [0.2, 0.25) is 0 Å².